The first kappa shape index (κ1) is 32.6. The van der Waals surface area contributed by atoms with Crippen LogP contribution in [-0.2, 0) is 32.9 Å². The second kappa shape index (κ2) is 13.4. The highest BCUT2D eigenvalue weighted by molar-refractivity contribution is 7.52. The number of nitrogens with one attached hydrogen (secondary N) is 2. The molecule has 1 fully saturated rings. The van der Waals surface area contributed by atoms with E-state index < -0.39 is 78.9 Å². The van der Waals surface area contributed by atoms with Crippen LogP contribution in [0.15, 0.2) is 52.2 Å². The number of carbonyl (C=O) groups excluding carboxylic acids is 2. The predicted molar refractivity (Wildman–Crippen MR) is 150 cm³/mol. The first-order valence-corrected chi connectivity index (χ1v) is 14.6. The number of ether oxygens (including phenoxy) is 3. The van der Waals surface area contributed by atoms with E-state index in [-0.39, 0.29) is 5.75 Å². The van der Waals surface area contributed by atoms with Gasteiger partial charge in [0.25, 0.3) is 5.56 Å². The van der Waals surface area contributed by atoms with Gasteiger partial charge in [-0.1, -0.05) is 18.2 Å². The minimum atomic E-state index is -4.33. The van der Waals surface area contributed by atoms with Gasteiger partial charge in [-0.2, -0.15) is 5.09 Å². The summed E-state index contributed by atoms with van der Waals surface area (Å²) >= 11 is 6.82. The Morgan fingerprint density at radius 1 is 1.20 bits per heavy atom. The normalized spacial score (nSPS) is 25.2. The number of benzene rings is 1. The number of halogens is 1. The average Bonchev–Trinajstić information content (AvgIpc) is 3.12. The molecular formula is C24H33BClN4O10P. The van der Waals surface area contributed by atoms with E-state index in [1.54, 1.807) is 32.0 Å². The van der Waals surface area contributed by atoms with Gasteiger partial charge in [0.2, 0.25) is 0 Å². The van der Waals surface area contributed by atoms with E-state index in [1.807, 2.05) is 0 Å². The van der Waals surface area contributed by atoms with E-state index in [4.69, 9.17) is 40.6 Å². The Kier molecular flexibility index (Phi) is 10.6. The van der Waals surface area contributed by atoms with E-state index in [2.05, 4.69) is 10.1 Å². The number of hydrogen-bond acceptors (Lipinski definition) is 11. The van der Waals surface area contributed by atoms with Gasteiger partial charge in [-0.15, -0.1) is 11.6 Å². The summed E-state index contributed by atoms with van der Waals surface area (Å²) in [4.78, 5) is 51.1. The Balaban J connectivity index is 1.92. The summed E-state index contributed by atoms with van der Waals surface area (Å²) in [5, 5.41) is 2.55. The third-order valence-electron chi connectivity index (χ3n) is 5.83. The number of carbonyl (C=O) groups is 2. The molecule has 0 radical (unpaired) electrons. The molecule has 1 unspecified atom stereocenters. The van der Waals surface area contributed by atoms with Gasteiger partial charge in [-0.05, 0) is 39.8 Å². The van der Waals surface area contributed by atoms with Crippen molar-refractivity contribution in [1.29, 1.82) is 0 Å². The second-order valence-corrected chi connectivity index (χ2v) is 12.4. The minimum absolute atomic E-state index is 0.167. The Labute approximate surface area is 241 Å². The lowest BCUT2D eigenvalue weighted by Gasteiger charge is -2.30. The number of alkyl halides is 1. The van der Waals surface area contributed by atoms with Crippen LogP contribution < -0.4 is 26.6 Å². The summed E-state index contributed by atoms with van der Waals surface area (Å²) in [6.07, 6.45) is -3.01. The number of aromatic amines is 1. The molecule has 41 heavy (non-hydrogen) atoms. The largest absolute Gasteiger partial charge is 0.462 e. The van der Waals surface area contributed by atoms with E-state index in [9.17, 15) is 23.7 Å². The minimum Gasteiger partial charge on any atom is -0.462 e. The van der Waals surface area contributed by atoms with Gasteiger partial charge >= 0.3 is 25.4 Å². The van der Waals surface area contributed by atoms with Crippen LogP contribution >= 0.6 is 19.3 Å². The molecular weight excluding hydrogens is 582 g/mol. The molecule has 1 aliphatic heterocycles. The molecule has 0 spiro atoms. The van der Waals surface area contributed by atoms with Crippen molar-refractivity contribution in [3.8, 4) is 5.75 Å². The topological polar surface area (TPSA) is 190 Å². The SMILES string of the molecule is B[C@]1(Cl)[C@H](OC(=O)[C@H](C)N)[C@@H](COP(=O)(N[C@@H](C)C(=O)OC(C)C)Oc2ccccc2)O[C@H]1n1ccc(=O)[nH]c1=O. The number of hydrogen-bond donors (Lipinski definition) is 3. The zero-order chi connectivity index (χ0) is 30.5. The van der Waals surface area contributed by atoms with Crippen LogP contribution in [0.25, 0.3) is 0 Å². The summed E-state index contributed by atoms with van der Waals surface area (Å²) < 4.78 is 41.4. The highest BCUT2D eigenvalue weighted by atomic mass is 35.5. The number of H-pyrrole nitrogens is 1. The van der Waals surface area contributed by atoms with Crippen LogP contribution in [0.3, 0.4) is 0 Å². The van der Waals surface area contributed by atoms with Crippen LogP contribution in [0, 0.1) is 0 Å². The average molecular weight is 615 g/mol. The first-order chi connectivity index (χ1) is 19.1. The van der Waals surface area contributed by atoms with Crippen molar-refractivity contribution in [1.82, 2.24) is 14.6 Å². The molecule has 14 nitrogen and oxygen atoms in total. The first-order valence-electron chi connectivity index (χ1n) is 12.7. The predicted octanol–water partition coefficient (Wildman–Crippen LogP) is 0.395. The van der Waals surface area contributed by atoms with Gasteiger partial charge in [0.15, 0.2) is 6.23 Å². The number of para-hydroxylation sites is 1. The highest BCUT2D eigenvalue weighted by Gasteiger charge is 2.56. The molecule has 7 atom stereocenters. The standard InChI is InChI=1S/C24H33BClN4O10P/c1-13(2)37-21(33)15(4)29-41(35,40-16-8-6-5-7-9-16)36-12-17-19(39-20(32)14(3)27)24(25,26)22(38-17)30-11-10-18(31)28-23(30)34/h5-11,13-15,17,19,22H,12,25,27H2,1-4H3,(H,29,35)(H,28,31,34)/t14-,15-,17+,19+,22+,24-,41?/m0/s1. The third kappa shape index (κ3) is 8.31. The van der Waals surface area contributed by atoms with Crippen LogP contribution in [-0.4, -0.2) is 71.1 Å². The Morgan fingerprint density at radius 3 is 2.44 bits per heavy atom. The zero-order valence-electron chi connectivity index (χ0n) is 23.1. The van der Waals surface area contributed by atoms with E-state index in [1.165, 1.54) is 40.0 Å². The van der Waals surface area contributed by atoms with Crippen LogP contribution in [0.4, 0.5) is 0 Å². The molecule has 0 saturated carbocycles. The third-order valence-corrected chi connectivity index (χ3v) is 7.88. The lowest BCUT2D eigenvalue weighted by atomic mass is 9.79. The quantitative estimate of drug-likeness (QED) is 0.129. The fraction of sp³-hybridized carbons (Fsp3) is 0.500. The van der Waals surface area contributed by atoms with E-state index in [0.717, 1.165) is 10.6 Å². The molecule has 1 saturated heterocycles. The molecule has 0 amide bonds. The van der Waals surface area contributed by atoms with Crippen molar-refractivity contribution >= 4 is 39.1 Å². The van der Waals surface area contributed by atoms with Crippen molar-refractivity contribution < 1.29 is 37.4 Å². The van der Waals surface area contributed by atoms with Crippen molar-refractivity contribution in [2.45, 2.75) is 69.1 Å². The maximum absolute atomic E-state index is 13.9. The second-order valence-electron chi connectivity index (χ2n) is 9.88. The number of nitrogens with zero attached hydrogens (tertiary/aromatic N) is 1. The molecule has 4 N–H and O–H groups in total. The summed E-state index contributed by atoms with van der Waals surface area (Å²) in [6, 6.07) is 7.02. The van der Waals surface area contributed by atoms with E-state index >= 15 is 0 Å². The van der Waals surface area contributed by atoms with Gasteiger partial charge in [-0.25, -0.2) is 9.36 Å². The molecule has 0 bridgehead atoms. The number of esters is 2. The van der Waals surface area contributed by atoms with Gasteiger partial charge < -0.3 is 24.5 Å². The molecule has 17 heteroatoms. The fourth-order valence-electron chi connectivity index (χ4n) is 3.88. The van der Waals surface area contributed by atoms with Crippen LogP contribution in [0.1, 0.15) is 33.9 Å². The smallest absolute Gasteiger partial charge is 0.459 e. The van der Waals surface area contributed by atoms with Crippen molar-refractivity contribution in [3.63, 3.8) is 0 Å². The maximum atomic E-state index is 13.9. The van der Waals surface area contributed by atoms with Crippen molar-refractivity contribution in [2.75, 3.05) is 6.61 Å². The lowest BCUT2D eigenvalue weighted by Crippen LogP contribution is -2.49. The molecule has 1 aromatic carbocycles. The number of rotatable bonds is 12. The van der Waals surface area contributed by atoms with E-state index in [0.29, 0.717) is 0 Å². The van der Waals surface area contributed by atoms with Gasteiger partial charge in [0.1, 0.15) is 37.9 Å². The Hall–Kier alpha value is -2.94. The lowest BCUT2D eigenvalue weighted by molar-refractivity contribution is -0.154. The molecule has 2 heterocycles. The summed E-state index contributed by atoms with van der Waals surface area (Å²) in [7, 11) is -2.88. The van der Waals surface area contributed by atoms with Crippen LogP contribution in [0.2, 0.25) is 0 Å². The Bertz CT molecular complexity index is 1390. The number of nitrogens with two attached hydrogens (primary N) is 1. The molecule has 0 aliphatic carbocycles. The molecule has 1 aromatic heterocycles. The molecule has 3 rings (SSSR count). The van der Waals surface area contributed by atoms with Gasteiger partial charge in [0, 0.05) is 12.3 Å². The zero-order valence-corrected chi connectivity index (χ0v) is 24.8. The highest BCUT2D eigenvalue weighted by Crippen LogP contribution is 2.48. The van der Waals surface area contributed by atoms with Gasteiger partial charge in [-0.3, -0.25) is 28.5 Å². The molecule has 2 aromatic rings. The van der Waals surface area contributed by atoms with Crippen molar-refractivity contribution in [2.24, 2.45) is 5.73 Å². The maximum Gasteiger partial charge on any atom is 0.459 e. The fourth-order valence-corrected chi connectivity index (χ4v) is 5.72. The summed E-state index contributed by atoms with van der Waals surface area (Å²) in [5.74, 6) is -1.36. The van der Waals surface area contributed by atoms with Crippen molar-refractivity contribution in [3.05, 3.63) is 63.4 Å². The molecule has 224 valence electrons. The summed E-state index contributed by atoms with van der Waals surface area (Å²) in [6.45, 7) is 5.60. The monoisotopic (exact) mass is 614 g/mol. The van der Waals surface area contributed by atoms with Crippen LogP contribution in [0.5, 0.6) is 5.75 Å². The van der Waals surface area contributed by atoms with Gasteiger partial charge in [0.05, 0.1) is 17.5 Å². The molecule has 1 aliphatic rings. The Morgan fingerprint density at radius 2 is 1.85 bits per heavy atom. The number of aromatic nitrogens is 2. The summed E-state index contributed by atoms with van der Waals surface area (Å²) in [5.41, 5.74) is 4.21.